The fraction of sp³-hybridized carbons (Fsp3) is 0.524. The van der Waals surface area contributed by atoms with Gasteiger partial charge in [0.2, 0.25) is 11.7 Å². The summed E-state index contributed by atoms with van der Waals surface area (Å²) in [6.45, 7) is 1.88. The molecule has 10 heteroatoms. The Morgan fingerprint density at radius 2 is 2.16 bits per heavy atom. The lowest BCUT2D eigenvalue weighted by molar-refractivity contribution is -0.148. The third-order valence-electron chi connectivity index (χ3n) is 5.85. The van der Waals surface area contributed by atoms with Gasteiger partial charge in [0.05, 0.1) is 6.61 Å². The molecule has 2 aliphatic rings. The van der Waals surface area contributed by atoms with Crippen LogP contribution in [0.5, 0.6) is 0 Å². The van der Waals surface area contributed by atoms with E-state index < -0.39 is 17.5 Å². The van der Waals surface area contributed by atoms with Gasteiger partial charge >= 0.3 is 12.0 Å². The number of ether oxygens (including phenoxy) is 1. The fourth-order valence-corrected chi connectivity index (χ4v) is 3.97. The molecule has 164 valence electrons. The average Bonchev–Trinajstić information content (AvgIpc) is 3.33. The standard InChI is InChI=1S/C21H25N5O5/c1-14-6-8-21(9-7-14)19(28)26(20(29)24-21)13-17(27)30-11-3-5-16-23-18(25-31-16)15-4-2-10-22-12-15/h2,4,10,12,14H,3,5-9,11,13H2,1H3,(H,24,29). The number of nitrogens with one attached hydrogen (secondary N) is 1. The molecule has 31 heavy (non-hydrogen) atoms. The Kier molecular flexibility index (Phi) is 5.97. The number of carbonyl (C=O) groups excluding carboxylic acids is 3. The highest BCUT2D eigenvalue weighted by atomic mass is 16.5. The second-order valence-corrected chi connectivity index (χ2v) is 8.16. The van der Waals surface area contributed by atoms with Gasteiger partial charge in [0.25, 0.3) is 5.91 Å². The molecule has 3 heterocycles. The molecule has 0 bridgehead atoms. The summed E-state index contributed by atoms with van der Waals surface area (Å²) in [5.74, 6) is 0.470. The normalized spacial score (nSPS) is 23.3. The zero-order valence-corrected chi connectivity index (χ0v) is 17.4. The molecule has 0 radical (unpaired) electrons. The van der Waals surface area contributed by atoms with Crippen LogP contribution in [0.1, 0.15) is 44.9 Å². The highest BCUT2D eigenvalue weighted by Crippen LogP contribution is 2.36. The molecule has 0 atom stereocenters. The molecule has 4 rings (SSSR count). The van der Waals surface area contributed by atoms with Crippen LogP contribution in [0.4, 0.5) is 4.79 Å². The minimum Gasteiger partial charge on any atom is -0.464 e. The van der Waals surface area contributed by atoms with E-state index >= 15 is 0 Å². The van der Waals surface area contributed by atoms with E-state index in [0.717, 1.165) is 23.3 Å². The minimum absolute atomic E-state index is 0.121. The summed E-state index contributed by atoms with van der Waals surface area (Å²) in [6.07, 6.45) is 7.18. The van der Waals surface area contributed by atoms with Crippen molar-refractivity contribution >= 4 is 17.9 Å². The molecule has 0 unspecified atom stereocenters. The minimum atomic E-state index is -0.853. The first-order valence-corrected chi connectivity index (χ1v) is 10.5. The van der Waals surface area contributed by atoms with Crippen LogP contribution in [0.25, 0.3) is 11.4 Å². The predicted octanol–water partition coefficient (Wildman–Crippen LogP) is 2.11. The van der Waals surface area contributed by atoms with Crippen molar-refractivity contribution < 1.29 is 23.6 Å². The van der Waals surface area contributed by atoms with Crippen LogP contribution >= 0.6 is 0 Å². The summed E-state index contributed by atoms with van der Waals surface area (Å²) >= 11 is 0. The number of esters is 1. The molecule has 2 aromatic heterocycles. The number of aryl methyl sites for hydroxylation is 1. The van der Waals surface area contributed by atoms with E-state index in [4.69, 9.17) is 9.26 Å². The van der Waals surface area contributed by atoms with Gasteiger partial charge in [0.1, 0.15) is 12.1 Å². The highest BCUT2D eigenvalue weighted by Gasteiger charge is 2.52. The smallest absolute Gasteiger partial charge is 0.326 e. The number of amides is 3. The topological polar surface area (TPSA) is 128 Å². The predicted molar refractivity (Wildman–Crippen MR) is 107 cm³/mol. The fourth-order valence-electron chi connectivity index (χ4n) is 3.97. The van der Waals surface area contributed by atoms with Crippen LogP contribution in [0, 0.1) is 5.92 Å². The lowest BCUT2D eigenvalue weighted by Gasteiger charge is -2.33. The van der Waals surface area contributed by atoms with Gasteiger partial charge in [0.15, 0.2) is 0 Å². The van der Waals surface area contributed by atoms with Gasteiger partial charge in [-0.25, -0.2) is 4.79 Å². The summed E-state index contributed by atoms with van der Waals surface area (Å²) < 4.78 is 10.4. The monoisotopic (exact) mass is 427 g/mol. The van der Waals surface area contributed by atoms with Crippen molar-refractivity contribution in [2.24, 2.45) is 5.92 Å². The Morgan fingerprint density at radius 3 is 2.90 bits per heavy atom. The zero-order chi connectivity index (χ0) is 21.8. The van der Waals surface area contributed by atoms with Crippen LogP contribution in [-0.2, 0) is 20.7 Å². The number of pyridine rings is 1. The quantitative estimate of drug-likeness (QED) is 0.404. The van der Waals surface area contributed by atoms with Gasteiger partial charge in [-0.05, 0) is 50.2 Å². The number of hydrogen-bond donors (Lipinski definition) is 1. The van der Waals surface area contributed by atoms with Crippen molar-refractivity contribution in [3.8, 4) is 11.4 Å². The number of imide groups is 1. The largest absolute Gasteiger partial charge is 0.464 e. The van der Waals surface area contributed by atoms with Crippen molar-refractivity contribution in [3.05, 3.63) is 30.4 Å². The number of hydrogen-bond acceptors (Lipinski definition) is 8. The van der Waals surface area contributed by atoms with Crippen LogP contribution < -0.4 is 5.32 Å². The maximum Gasteiger partial charge on any atom is 0.326 e. The number of carbonyl (C=O) groups is 3. The second-order valence-electron chi connectivity index (χ2n) is 8.16. The Bertz CT molecular complexity index is 952. The number of aromatic nitrogens is 3. The molecule has 1 spiro atoms. The van der Waals surface area contributed by atoms with Crippen molar-refractivity contribution in [1.82, 2.24) is 25.3 Å². The van der Waals surface area contributed by atoms with E-state index in [1.165, 1.54) is 0 Å². The van der Waals surface area contributed by atoms with Crippen molar-refractivity contribution in [2.45, 2.75) is 51.0 Å². The summed E-state index contributed by atoms with van der Waals surface area (Å²) in [4.78, 5) is 46.5. The van der Waals surface area contributed by atoms with Gasteiger partial charge in [0, 0.05) is 24.4 Å². The average molecular weight is 427 g/mol. The number of rotatable bonds is 7. The molecular formula is C21H25N5O5. The third kappa shape index (κ3) is 4.57. The highest BCUT2D eigenvalue weighted by molar-refractivity contribution is 6.08. The Morgan fingerprint density at radius 1 is 1.35 bits per heavy atom. The molecule has 2 fully saturated rings. The molecule has 1 aliphatic heterocycles. The molecule has 0 aromatic carbocycles. The van der Waals surface area contributed by atoms with E-state index in [0.29, 0.717) is 43.3 Å². The molecule has 3 amide bonds. The molecule has 1 aliphatic carbocycles. The molecule has 10 nitrogen and oxygen atoms in total. The Labute approximate surface area is 179 Å². The molecule has 1 N–H and O–H groups in total. The molecule has 1 saturated carbocycles. The SMILES string of the molecule is CC1CCC2(CC1)NC(=O)N(CC(=O)OCCCc1nc(-c3cccnc3)no1)C2=O. The second kappa shape index (κ2) is 8.83. The van der Waals surface area contributed by atoms with Gasteiger partial charge < -0.3 is 14.6 Å². The lowest BCUT2D eigenvalue weighted by atomic mass is 9.77. The Balaban J connectivity index is 1.22. The van der Waals surface area contributed by atoms with Crippen molar-refractivity contribution in [3.63, 3.8) is 0 Å². The number of nitrogens with zero attached hydrogens (tertiary/aromatic N) is 4. The summed E-state index contributed by atoms with van der Waals surface area (Å²) in [6, 6.07) is 3.09. The van der Waals surface area contributed by atoms with Crippen LogP contribution in [-0.4, -0.2) is 56.6 Å². The first kappa shape index (κ1) is 21.0. The van der Waals surface area contributed by atoms with E-state index in [-0.39, 0.29) is 19.1 Å². The summed E-state index contributed by atoms with van der Waals surface area (Å²) in [5.41, 5.74) is -0.101. The van der Waals surface area contributed by atoms with Gasteiger partial charge in [-0.1, -0.05) is 12.1 Å². The maximum absolute atomic E-state index is 12.8. The van der Waals surface area contributed by atoms with E-state index in [1.54, 1.807) is 18.5 Å². The van der Waals surface area contributed by atoms with Crippen molar-refractivity contribution in [1.29, 1.82) is 0 Å². The molecular weight excluding hydrogens is 402 g/mol. The van der Waals surface area contributed by atoms with Crippen LogP contribution in [0.3, 0.4) is 0 Å². The van der Waals surface area contributed by atoms with E-state index in [1.807, 2.05) is 6.07 Å². The first-order chi connectivity index (χ1) is 15.0. The van der Waals surface area contributed by atoms with E-state index in [2.05, 4.69) is 27.4 Å². The molecule has 2 aromatic rings. The maximum atomic E-state index is 12.8. The van der Waals surface area contributed by atoms with Crippen LogP contribution in [0.15, 0.2) is 29.0 Å². The lowest BCUT2D eigenvalue weighted by Crippen LogP contribution is -2.49. The first-order valence-electron chi connectivity index (χ1n) is 10.5. The van der Waals surface area contributed by atoms with Crippen LogP contribution in [0.2, 0.25) is 0 Å². The molecule has 1 saturated heterocycles. The Hall–Kier alpha value is -3.30. The van der Waals surface area contributed by atoms with Gasteiger partial charge in [-0.2, -0.15) is 4.98 Å². The third-order valence-corrected chi connectivity index (χ3v) is 5.85. The number of urea groups is 1. The summed E-state index contributed by atoms with van der Waals surface area (Å²) in [7, 11) is 0. The van der Waals surface area contributed by atoms with Gasteiger partial charge in [-0.3, -0.25) is 19.5 Å². The van der Waals surface area contributed by atoms with Gasteiger partial charge in [-0.15, -0.1) is 0 Å². The van der Waals surface area contributed by atoms with Crippen molar-refractivity contribution in [2.75, 3.05) is 13.2 Å². The summed E-state index contributed by atoms with van der Waals surface area (Å²) in [5, 5.41) is 6.71. The van der Waals surface area contributed by atoms with E-state index in [9.17, 15) is 14.4 Å². The zero-order valence-electron chi connectivity index (χ0n) is 17.4.